The molecule has 2 aromatic heterocycles. The molecule has 3 rings (SSSR count). The van der Waals surface area contributed by atoms with E-state index in [0.717, 1.165) is 24.3 Å². The van der Waals surface area contributed by atoms with Gasteiger partial charge in [0.05, 0.1) is 4.90 Å². The van der Waals surface area contributed by atoms with Crippen molar-refractivity contribution in [2.75, 3.05) is 18.4 Å². The summed E-state index contributed by atoms with van der Waals surface area (Å²) in [7, 11) is -3.90. The summed E-state index contributed by atoms with van der Waals surface area (Å²) >= 11 is 0. The molecule has 2 N–H and O–H groups in total. The topological polar surface area (TPSA) is 111 Å². The number of halogens is 3. The number of nitrogens with zero attached hydrogens (tertiary/aromatic N) is 4. The van der Waals surface area contributed by atoms with E-state index in [4.69, 9.17) is 0 Å². The van der Waals surface area contributed by atoms with E-state index in [1.54, 1.807) is 36.1 Å². The molecule has 0 aliphatic rings. The summed E-state index contributed by atoms with van der Waals surface area (Å²) in [5, 5.41) is 7.07. The zero-order valence-electron chi connectivity index (χ0n) is 15.6. The van der Waals surface area contributed by atoms with Gasteiger partial charge < -0.3 is 10.1 Å². The number of anilines is 1. The molecule has 0 saturated carbocycles. The van der Waals surface area contributed by atoms with Crippen LogP contribution in [-0.4, -0.2) is 47.6 Å². The van der Waals surface area contributed by atoms with Crippen molar-refractivity contribution < 1.29 is 26.3 Å². The summed E-state index contributed by atoms with van der Waals surface area (Å²) in [5.74, 6) is 1.04. The van der Waals surface area contributed by atoms with Gasteiger partial charge in [-0.2, -0.15) is 5.10 Å². The van der Waals surface area contributed by atoms with E-state index in [-0.39, 0.29) is 18.0 Å². The number of aromatic nitrogens is 4. The van der Waals surface area contributed by atoms with Gasteiger partial charge in [0.25, 0.3) is 0 Å². The van der Waals surface area contributed by atoms with Gasteiger partial charge in [0.15, 0.2) is 5.82 Å². The predicted molar refractivity (Wildman–Crippen MR) is 101 cm³/mol. The summed E-state index contributed by atoms with van der Waals surface area (Å²) in [6, 6.07) is 7.33. The molecule has 0 amide bonds. The number of benzene rings is 1. The number of nitrogens with one attached hydrogen (secondary N) is 2. The van der Waals surface area contributed by atoms with Crippen LogP contribution in [-0.2, 0) is 10.0 Å². The van der Waals surface area contributed by atoms with Crippen LogP contribution in [0.2, 0.25) is 0 Å². The first-order valence-electron chi connectivity index (χ1n) is 8.57. The van der Waals surface area contributed by atoms with E-state index in [1.807, 2.05) is 0 Å². The van der Waals surface area contributed by atoms with Gasteiger partial charge in [0.1, 0.15) is 17.4 Å². The maximum absolute atomic E-state index is 12.3. The number of sulfonamides is 1. The zero-order valence-corrected chi connectivity index (χ0v) is 16.4. The van der Waals surface area contributed by atoms with Gasteiger partial charge in [0.2, 0.25) is 10.0 Å². The van der Waals surface area contributed by atoms with Crippen LogP contribution in [0, 0.1) is 6.92 Å². The molecule has 160 valence electrons. The molecule has 0 aliphatic heterocycles. The smallest absolute Gasteiger partial charge is 0.406 e. The second kappa shape index (κ2) is 8.67. The molecule has 0 fully saturated rings. The van der Waals surface area contributed by atoms with Gasteiger partial charge in [-0.15, -0.1) is 13.2 Å². The first-order valence-corrected chi connectivity index (χ1v) is 10.1. The number of aryl methyl sites for hydroxylation is 1. The normalized spacial score (nSPS) is 12.0. The van der Waals surface area contributed by atoms with Crippen LogP contribution in [0.25, 0.3) is 5.82 Å². The van der Waals surface area contributed by atoms with Crippen LogP contribution in [0.5, 0.6) is 5.75 Å². The van der Waals surface area contributed by atoms with E-state index >= 15 is 0 Å². The standard InChI is InChI=1S/C17H17F3N6O3S/c1-12-24-15(11-16(25-12)26-10-2-7-22-26)21-8-9-23-30(27,28)14-5-3-13(4-6-14)29-17(18,19)20/h2-7,10-11,23H,8-9H2,1H3,(H,21,24,25). The average Bonchev–Trinajstić information content (AvgIpc) is 3.19. The molecule has 0 spiro atoms. The Kier molecular flexibility index (Phi) is 6.22. The van der Waals surface area contributed by atoms with Crippen LogP contribution < -0.4 is 14.8 Å². The molecule has 0 radical (unpaired) electrons. The van der Waals surface area contributed by atoms with Crippen molar-refractivity contribution in [1.82, 2.24) is 24.5 Å². The van der Waals surface area contributed by atoms with Crippen molar-refractivity contribution in [3.63, 3.8) is 0 Å². The third-order valence-corrected chi connectivity index (χ3v) is 5.13. The van der Waals surface area contributed by atoms with Crippen LogP contribution in [0.3, 0.4) is 0 Å². The Bertz CT molecular complexity index is 1090. The highest BCUT2D eigenvalue weighted by atomic mass is 32.2. The number of rotatable bonds is 8. The summed E-state index contributed by atoms with van der Waals surface area (Å²) in [6.45, 7) is 1.94. The molecule has 30 heavy (non-hydrogen) atoms. The Balaban J connectivity index is 1.56. The molecule has 3 aromatic rings. The number of hydrogen-bond acceptors (Lipinski definition) is 7. The second-order valence-electron chi connectivity index (χ2n) is 5.95. The third-order valence-electron chi connectivity index (χ3n) is 3.65. The van der Waals surface area contributed by atoms with Crippen molar-refractivity contribution in [3.8, 4) is 11.6 Å². The minimum absolute atomic E-state index is 0.0172. The molecule has 0 unspecified atom stereocenters. The van der Waals surface area contributed by atoms with E-state index in [1.165, 1.54) is 0 Å². The molecule has 13 heteroatoms. The fourth-order valence-corrected chi connectivity index (χ4v) is 3.48. The van der Waals surface area contributed by atoms with E-state index < -0.39 is 22.1 Å². The Morgan fingerprint density at radius 2 is 1.87 bits per heavy atom. The first-order chi connectivity index (χ1) is 14.1. The van der Waals surface area contributed by atoms with E-state index in [0.29, 0.717) is 17.5 Å². The maximum atomic E-state index is 12.3. The maximum Gasteiger partial charge on any atom is 0.573 e. The molecule has 0 saturated heterocycles. The van der Waals surface area contributed by atoms with Gasteiger partial charge in [-0.1, -0.05) is 0 Å². The van der Waals surface area contributed by atoms with Gasteiger partial charge >= 0.3 is 6.36 Å². The van der Waals surface area contributed by atoms with Crippen LogP contribution >= 0.6 is 0 Å². The Morgan fingerprint density at radius 3 is 2.50 bits per heavy atom. The fourth-order valence-electron chi connectivity index (χ4n) is 2.44. The highest BCUT2D eigenvalue weighted by Crippen LogP contribution is 2.23. The van der Waals surface area contributed by atoms with Crippen molar-refractivity contribution >= 4 is 15.8 Å². The molecule has 0 bridgehead atoms. The van der Waals surface area contributed by atoms with Crippen LogP contribution in [0.15, 0.2) is 53.7 Å². The molecule has 2 heterocycles. The number of hydrogen-bond donors (Lipinski definition) is 2. The summed E-state index contributed by atoms with van der Waals surface area (Å²) in [4.78, 5) is 8.31. The van der Waals surface area contributed by atoms with Gasteiger partial charge in [0, 0.05) is 31.5 Å². The average molecular weight is 442 g/mol. The first kappa shape index (κ1) is 21.5. The summed E-state index contributed by atoms with van der Waals surface area (Å²) < 4.78 is 68.7. The highest BCUT2D eigenvalue weighted by Gasteiger charge is 2.31. The summed E-state index contributed by atoms with van der Waals surface area (Å²) in [6.07, 6.45) is -1.51. The molecular formula is C17H17F3N6O3S. The van der Waals surface area contributed by atoms with Crippen molar-refractivity contribution in [2.45, 2.75) is 18.2 Å². The molecule has 1 aromatic carbocycles. The SMILES string of the molecule is Cc1nc(NCCNS(=O)(=O)c2ccc(OC(F)(F)F)cc2)cc(-n2cccn2)n1. The van der Waals surface area contributed by atoms with E-state index in [2.05, 4.69) is 29.8 Å². The summed E-state index contributed by atoms with van der Waals surface area (Å²) in [5.41, 5.74) is 0. The minimum Gasteiger partial charge on any atom is -0.406 e. The Morgan fingerprint density at radius 1 is 1.13 bits per heavy atom. The van der Waals surface area contributed by atoms with E-state index in [9.17, 15) is 21.6 Å². The van der Waals surface area contributed by atoms with Crippen molar-refractivity contribution in [1.29, 1.82) is 0 Å². The molecule has 0 aliphatic carbocycles. The predicted octanol–water partition coefficient (Wildman–Crippen LogP) is 2.26. The lowest BCUT2D eigenvalue weighted by Gasteiger charge is -2.11. The van der Waals surface area contributed by atoms with Crippen molar-refractivity contribution in [3.05, 3.63) is 54.6 Å². The molecule has 9 nitrogen and oxygen atoms in total. The largest absolute Gasteiger partial charge is 0.573 e. The van der Waals surface area contributed by atoms with Crippen molar-refractivity contribution in [2.24, 2.45) is 0 Å². The van der Waals surface area contributed by atoms with Crippen LogP contribution in [0.1, 0.15) is 5.82 Å². The van der Waals surface area contributed by atoms with Gasteiger partial charge in [-0.25, -0.2) is 27.8 Å². The minimum atomic E-state index is -4.85. The molecular weight excluding hydrogens is 425 g/mol. The lowest BCUT2D eigenvalue weighted by molar-refractivity contribution is -0.274. The van der Waals surface area contributed by atoms with Gasteiger partial charge in [-0.3, -0.25) is 0 Å². The number of ether oxygens (including phenoxy) is 1. The second-order valence-corrected chi connectivity index (χ2v) is 7.72. The zero-order chi connectivity index (χ0) is 21.8. The monoisotopic (exact) mass is 442 g/mol. The van der Waals surface area contributed by atoms with Crippen LogP contribution in [0.4, 0.5) is 19.0 Å². The third kappa shape index (κ3) is 5.90. The lowest BCUT2D eigenvalue weighted by atomic mass is 10.3. The Hall–Kier alpha value is -3.19. The number of alkyl halides is 3. The highest BCUT2D eigenvalue weighted by molar-refractivity contribution is 7.89. The van der Waals surface area contributed by atoms with Gasteiger partial charge in [-0.05, 0) is 37.3 Å². The quantitative estimate of drug-likeness (QED) is 0.515. The lowest BCUT2D eigenvalue weighted by Crippen LogP contribution is -2.29. The molecule has 0 atom stereocenters. The fraction of sp³-hybridized carbons (Fsp3) is 0.235. The Labute approximate surface area is 170 Å².